The number of benzene rings is 1. The standard InChI is InChI=1S/C71H122N8O20S/c1-4-5-6-7-8-9-10-11-12-13-14-15-16-17-18-19-20-21-22-23-24-25-26-27-28-29-30-31-32-33-34-35-36-37-57(86)73-50-42-54(84)67(92)77-69(94)61-62(87)46(2)44-79(61)71(96)59(53(83)43-56(72)85)75-68(93)60(64(89)63(88)48-38-39-52(82)55(40-48)99-100(97)98)76-66(91)51-41-49(81)45-78(51)70(95)58(47(3)80)74-65(50)90/h38-40,46-47,49-51,53-54,58-64,67,80-84,87-89,92H,4-37,41-45H2,1-3H3,(H2,72,85)(H,73,86)(H,74,90)(H,75,93)(H,76,91)(H,77,94)(H,97,98). The number of carbonyl (C=O) groups is 8. The van der Waals surface area contributed by atoms with Gasteiger partial charge in [-0.2, -0.15) is 4.21 Å². The quantitative estimate of drug-likeness (QED) is 0.0316. The molecular formula is C71H122N8O20S. The average molecular weight is 1440 g/mol. The summed E-state index contributed by atoms with van der Waals surface area (Å²) in [5.74, 6) is -12.5. The smallest absolute Gasteiger partial charge is 0.357 e. The highest BCUT2D eigenvalue weighted by Gasteiger charge is 2.51. The van der Waals surface area contributed by atoms with Gasteiger partial charge in [0.05, 0.1) is 30.8 Å². The number of primary amides is 1. The molecule has 0 saturated carbocycles. The van der Waals surface area contributed by atoms with Gasteiger partial charge in [0.2, 0.25) is 47.3 Å². The normalized spacial score (nSPS) is 25.1. The molecule has 16 atom stereocenters. The maximum absolute atomic E-state index is 14.7. The monoisotopic (exact) mass is 1440 g/mol. The predicted molar refractivity (Wildman–Crippen MR) is 374 cm³/mol. The number of hydrogen-bond donors (Lipinski definition) is 16. The fourth-order valence-electron chi connectivity index (χ4n) is 13.6. The number of nitrogens with zero attached hydrogens (tertiary/aromatic N) is 2. The van der Waals surface area contributed by atoms with Crippen molar-refractivity contribution in [1.82, 2.24) is 36.4 Å². The highest BCUT2D eigenvalue weighted by molar-refractivity contribution is 7.74. The van der Waals surface area contributed by atoms with Crippen molar-refractivity contribution in [3.8, 4) is 11.5 Å². The third-order valence-corrected chi connectivity index (χ3v) is 19.9. The zero-order valence-electron chi connectivity index (χ0n) is 59.4. The molecule has 0 bridgehead atoms. The zero-order chi connectivity index (χ0) is 73.7. The summed E-state index contributed by atoms with van der Waals surface area (Å²) in [4.78, 5) is 114. The summed E-state index contributed by atoms with van der Waals surface area (Å²) in [5.41, 5.74) is 4.93. The molecule has 3 heterocycles. The summed E-state index contributed by atoms with van der Waals surface area (Å²) >= 11 is -3.04. The molecule has 3 saturated heterocycles. The largest absolute Gasteiger partial charge is 0.504 e. The summed E-state index contributed by atoms with van der Waals surface area (Å²) in [6, 6.07) is -9.89. The van der Waals surface area contributed by atoms with E-state index in [2.05, 4.69) is 37.7 Å². The Morgan fingerprint density at radius 3 is 1.51 bits per heavy atom. The van der Waals surface area contributed by atoms with Crippen LogP contribution in [0.15, 0.2) is 18.2 Å². The van der Waals surface area contributed by atoms with E-state index < -0.39 is 199 Å². The molecule has 3 fully saturated rings. The van der Waals surface area contributed by atoms with Gasteiger partial charge >= 0.3 is 11.4 Å². The first-order valence-electron chi connectivity index (χ1n) is 37.2. The lowest BCUT2D eigenvalue weighted by molar-refractivity contribution is -0.149. The Kier molecular flexibility index (Phi) is 41.3. The van der Waals surface area contributed by atoms with Crippen molar-refractivity contribution in [2.24, 2.45) is 11.7 Å². The van der Waals surface area contributed by atoms with E-state index in [4.69, 9.17) is 5.73 Å². The second-order valence-corrected chi connectivity index (χ2v) is 28.7. The summed E-state index contributed by atoms with van der Waals surface area (Å²) in [7, 11) is 0. The molecule has 28 nitrogen and oxygen atoms in total. The van der Waals surface area contributed by atoms with Crippen LogP contribution in [-0.4, -0.2) is 204 Å². The number of nitrogens with one attached hydrogen (secondary N) is 5. The first kappa shape index (κ1) is 86.8. The predicted octanol–water partition coefficient (Wildman–Crippen LogP) is 4.51. The highest BCUT2D eigenvalue weighted by Crippen LogP contribution is 2.33. The van der Waals surface area contributed by atoms with Gasteiger partial charge in [-0.15, -0.1) is 0 Å². The SMILES string of the molecule is CCCCCCCCCCCCCCCCCCCCCCCCCCCCCCCCCCCC(=O)NC1CC(O)C(O)NC(=O)C2C(O)C(C)CN2C(=O)C(C(O)CC(N)=O)NC(=O)C(C(O)C(O)c2ccc(O)c(OS(=O)O)c2)NC(=O)C2CC(O)CN2C(=O)C(C(C)O)NC1=O. The minimum Gasteiger partial charge on any atom is -0.504 e. The lowest BCUT2D eigenvalue weighted by atomic mass is 9.96. The van der Waals surface area contributed by atoms with Crippen molar-refractivity contribution < 1.29 is 97.3 Å². The fourth-order valence-corrected chi connectivity index (χ4v) is 13.9. The molecule has 17 N–H and O–H groups in total. The molecule has 572 valence electrons. The Balaban J connectivity index is 1.33. The molecule has 8 amide bonds. The van der Waals surface area contributed by atoms with E-state index in [0.717, 1.165) is 57.2 Å². The maximum atomic E-state index is 14.7. The van der Waals surface area contributed by atoms with Crippen molar-refractivity contribution in [3.05, 3.63) is 23.8 Å². The molecule has 1 aromatic rings. The van der Waals surface area contributed by atoms with Gasteiger partial charge in [0.1, 0.15) is 54.6 Å². The van der Waals surface area contributed by atoms with Gasteiger partial charge in [0, 0.05) is 38.3 Å². The molecule has 16 unspecified atom stereocenters. The van der Waals surface area contributed by atoms with Crippen molar-refractivity contribution >= 4 is 58.6 Å². The third kappa shape index (κ3) is 30.7. The van der Waals surface area contributed by atoms with Gasteiger partial charge in [0.15, 0.2) is 17.7 Å². The van der Waals surface area contributed by atoms with Crippen molar-refractivity contribution in [1.29, 1.82) is 0 Å². The van der Waals surface area contributed by atoms with Crippen molar-refractivity contribution in [2.45, 2.75) is 344 Å². The van der Waals surface area contributed by atoms with E-state index in [1.807, 2.05) is 0 Å². The Bertz CT molecular complexity index is 2660. The molecule has 100 heavy (non-hydrogen) atoms. The summed E-state index contributed by atoms with van der Waals surface area (Å²) in [6.45, 7) is 3.60. The molecule has 0 aliphatic carbocycles. The van der Waals surface area contributed by atoms with Crippen LogP contribution >= 0.6 is 0 Å². The molecule has 4 rings (SSSR count). The van der Waals surface area contributed by atoms with Crippen LogP contribution in [-0.2, 0) is 49.7 Å². The van der Waals surface area contributed by atoms with Gasteiger partial charge < -0.3 is 92.3 Å². The van der Waals surface area contributed by atoms with E-state index in [9.17, 15) is 93.1 Å². The number of fused-ring (bicyclic) bond motifs is 2. The number of phenols is 1. The Morgan fingerprint density at radius 1 is 0.600 bits per heavy atom. The molecule has 0 radical (unpaired) electrons. The van der Waals surface area contributed by atoms with Gasteiger partial charge in [0.25, 0.3) is 0 Å². The van der Waals surface area contributed by atoms with Crippen LogP contribution in [0.3, 0.4) is 0 Å². The minimum atomic E-state index is -3.04. The lowest BCUT2D eigenvalue weighted by Crippen LogP contribution is -2.64. The number of hydrogen-bond acceptors (Lipinski definition) is 19. The highest BCUT2D eigenvalue weighted by atomic mass is 32.2. The summed E-state index contributed by atoms with van der Waals surface area (Å²) in [5, 5.41) is 112. The van der Waals surface area contributed by atoms with E-state index >= 15 is 0 Å². The van der Waals surface area contributed by atoms with Crippen molar-refractivity contribution in [2.75, 3.05) is 13.1 Å². The molecule has 3 aliphatic rings. The van der Waals surface area contributed by atoms with Gasteiger partial charge in [-0.3, -0.25) is 42.9 Å². The van der Waals surface area contributed by atoms with Crippen LogP contribution < -0.4 is 36.5 Å². The molecule has 1 aromatic carbocycles. The van der Waals surface area contributed by atoms with E-state index in [1.165, 1.54) is 174 Å². The molecule has 3 aliphatic heterocycles. The van der Waals surface area contributed by atoms with Gasteiger partial charge in [-0.1, -0.05) is 225 Å². The van der Waals surface area contributed by atoms with Crippen LogP contribution in [0.2, 0.25) is 0 Å². The first-order chi connectivity index (χ1) is 47.8. The number of phenolic OH excluding ortho intramolecular Hbond substituents is 1. The van der Waals surface area contributed by atoms with Crippen LogP contribution in [0.5, 0.6) is 11.5 Å². The molecule has 29 heteroatoms. The van der Waals surface area contributed by atoms with E-state index in [-0.39, 0.29) is 6.42 Å². The first-order valence-corrected chi connectivity index (χ1v) is 38.3. The number of rotatable bonds is 44. The summed E-state index contributed by atoms with van der Waals surface area (Å²) in [6.07, 6.45) is 22.1. The fraction of sp³-hybridized carbons (Fsp3) is 0.803. The second kappa shape index (κ2) is 47.6. The zero-order valence-corrected chi connectivity index (χ0v) is 60.2. The average Bonchev–Trinajstić information content (AvgIpc) is 1.64. The van der Waals surface area contributed by atoms with Crippen LogP contribution in [0, 0.1) is 5.92 Å². The van der Waals surface area contributed by atoms with Gasteiger partial charge in [-0.05, 0) is 31.0 Å². The topological polar surface area (TPSA) is 458 Å². The van der Waals surface area contributed by atoms with E-state index in [1.54, 1.807) is 0 Å². The van der Waals surface area contributed by atoms with Crippen LogP contribution in [0.4, 0.5) is 0 Å². The molecule has 0 spiro atoms. The molecule has 0 aromatic heterocycles. The number of aromatic hydroxyl groups is 1. The van der Waals surface area contributed by atoms with Crippen molar-refractivity contribution in [3.63, 3.8) is 0 Å². The Morgan fingerprint density at radius 2 is 1.05 bits per heavy atom. The number of aliphatic hydroxyl groups excluding tert-OH is 8. The second-order valence-electron chi connectivity index (χ2n) is 28.1. The Hall–Kier alpha value is -5.63. The number of aliphatic hydroxyl groups is 8. The Labute approximate surface area is 593 Å². The number of amides is 8. The minimum absolute atomic E-state index is 0.100. The number of unbranched alkanes of at least 4 members (excludes halogenated alkanes) is 32. The van der Waals surface area contributed by atoms with Crippen LogP contribution in [0.25, 0.3) is 0 Å². The summed E-state index contributed by atoms with van der Waals surface area (Å²) < 4.78 is 25.5. The third-order valence-electron chi connectivity index (χ3n) is 19.6. The maximum Gasteiger partial charge on any atom is 0.357 e. The van der Waals surface area contributed by atoms with E-state index in [0.29, 0.717) is 22.6 Å². The lowest BCUT2D eigenvalue weighted by Gasteiger charge is -2.34. The van der Waals surface area contributed by atoms with Crippen LogP contribution in [0.1, 0.15) is 270 Å². The number of nitrogens with two attached hydrogens (primary N) is 1. The molecular weight excluding hydrogens is 1320 g/mol. The number of carbonyl (C=O) groups excluding carboxylic acids is 8. The van der Waals surface area contributed by atoms with Gasteiger partial charge in [-0.25, -0.2) is 0 Å².